The SMILES string of the molecule is CCSCCCC(CNC)CC(C)C. The monoisotopic (exact) mass is 217 g/mol. The van der Waals surface area contributed by atoms with E-state index in [0.717, 1.165) is 11.8 Å². The lowest BCUT2D eigenvalue weighted by Gasteiger charge is -2.18. The van der Waals surface area contributed by atoms with Gasteiger partial charge in [0.2, 0.25) is 0 Å². The standard InChI is InChI=1S/C12H27NS/c1-5-14-8-6-7-12(10-13-4)9-11(2)3/h11-13H,5-10H2,1-4H3. The Morgan fingerprint density at radius 3 is 2.50 bits per heavy atom. The van der Waals surface area contributed by atoms with Gasteiger partial charge in [0, 0.05) is 0 Å². The molecule has 0 saturated heterocycles. The zero-order valence-electron chi connectivity index (χ0n) is 10.3. The Hall–Kier alpha value is 0.310. The fourth-order valence-electron chi connectivity index (χ4n) is 1.88. The molecule has 14 heavy (non-hydrogen) atoms. The van der Waals surface area contributed by atoms with Crippen molar-refractivity contribution in [1.29, 1.82) is 0 Å². The predicted octanol–water partition coefficient (Wildman–Crippen LogP) is 3.40. The maximum atomic E-state index is 3.31. The largest absolute Gasteiger partial charge is 0.319 e. The van der Waals surface area contributed by atoms with E-state index in [0.29, 0.717) is 0 Å². The van der Waals surface area contributed by atoms with Gasteiger partial charge in [0.15, 0.2) is 0 Å². The third kappa shape index (κ3) is 8.89. The van der Waals surface area contributed by atoms with Crippen molar-refractivity contribution in [2.75, 3.05) is 25.1 Å². The van der Waals surface area contributed by atoms with Gasteiger partial charge in [-0.3, -0.25) is 0 Å². The van der Waals surface area contributed by atoms with E-state index in [4.69, 9.17) is 0 Å². The van der Waals surface area contributed by atoms with Crippen LogP contribution in [0, 0.1) is 11.8 Å². The van der Waals surface area contributed by atoms with Gasteiger partial charge in [-0.15, -0.1) is 0 Å². The molecule has 1 nitrogen and oxygen atoms in total. The lowest BCUT2D eigenvalue weighted by Crippen LogP contribution is -2.20. The molecule has 0 aromatic carbocycles. The zero-order chi connectivity index (χ0) is 10.8. The van der Waals surface area contributed by atoms with Gasteiger partial charge in [0.25, 0.3) is 0 Å². The van der Waals surface area contributed by atoms with Gasteiger partial charge < -0.3 is 5.32 Å². The van der Waals surface area contributed by atoms with E-state index in [1.807, 2.05) is 0 Å². The minimum Gasteiger partial charge on any atom is -0.319 e. The molecule has 0 rings (SSSR count). The molecule has 86 valence electrons. The number of thioether (sulfide) groups is 1. The van der Waals surface area contributed by atoms with E-state index in [2.05, 4.69) is 44.9 Å². The smallest absolute Gasteiger partial charge is 0.00234 e. The Morgan fingerprint density at radius 2 is 2.00 bits per heavy atom. The molecule has 0 spiro atoms. The van der Waals surface area contributed by atoms with Gasteiger partial charge >= 0.3 is 0 Å². The van der Waals surface area contributed by atoms with Crippen LogP contribution in [0.2, 0.25) is 0 Å². The minimum atomic E-state index is 0.840. The Morgan fingerprint density at radius 1 is 1.29 bits per heavy atom. The first-order valence-corrected chi connectivity index (χ1v) is 7.08. The third-order valence-corrected chi connectivity index (χ3v) is 3.39. The van der Waals surface area contributed by atoms with Crippen LogP contribution in [0.5, 0.6) is 0 Å². The van der Waals surface area contributed by atoms with Crippen LogP contribution < -0.4 is 5.32 Å². The van der Waals surface area contributed by atoms with Crippen LogP contribution in [0.1, 0.15) is 40.0 Å². The fraction of sp³-hybridized carbons (Fsp3) is 1.00. The minimum absolute atomic E-state index is 0.840. The second-order valence-corrected chi connectivity index (χ2v) is 5.79. The van der Waals surface area contributed by atoms with Crippen LogP contribution in [0.15, 0.2) is 0 Å². The fourth-order valence-corrected chi connectivity index (χ4v) is 2.54. The summed E-state index contributed by atoms with van der Waals surface area (Å²) in [7, 11) is 2.06. The number of nitrogens with one attached hydrogen (secondary N) is 1. The van der Waals surface area contributed by atoms with Gasteiger partial charge in [0.1, 0.15) is 0 Å². The molecule has 0 aromatic rings. The van der Waals surface area contributed by atoms with Crippen LogP contribution in [0.3, 0.4) is 0 Å². The van der Waals surface area contributed by atoms with Gasteiger partial charge in [-0.2, -0.15) is 11.8 Å². The molecule has 0 aliphatic heterocycles. The molecule has 0 radical (unpaired) electrons. The second-order valence-electron chi connectivity index (χ2n) is 4.39. The molecule has 2 heteroatoms. The summed E-state index contributed by atoms with van der Waals surface area (Å²) in [6, 6.07) is 0. The molecule has 0 aliphatic rings. The highest BCUT2D eigenvalue weighted by Gasteiger charge is 2.09. The van der Waals surface area contributed by atoms with Gasteiger partial charge in [0.05, 0.1) is 0 Å². The van der Waals surface area contributed by atoms with E-state index in [1.54, 1.807) is 0 Å². The third-order valence-electron chi connectivity index (χ3n) is 2.40. The average Bonchev–Trinajstić information content (AvgIpc) is 2.12. The molecule has 0 aromatic heterocycles. The molecule has 0 bridgehead atoms. The number of rotatable bonds is 9. The summed E-state index contributed by atoms with van der Waals surface area (Å²) in [6.07, 6.45) is 4.15. The van der Waals surface area contributed by atoms with E-state index >= 15 is 0 Å². The maximum Gasteiger partial charge on any atom is -0.00234 e. The molecule has 1 atom stereocenters. The van der Waals surface area contributed by atoms with Crippen molar-refractivity contribution in [2.45, 2.75) is 40.0 Å². The maximum absolute atomic E-state index is 3.31. The lowest BCUT2D eigenvalue weighted by molar-refractivity contribution is 0.373. The van der Waals surface area contributed by atoms with Crippen molar-refractivity contribution in [3.05, 3.63) is 0 Å². The molecule has 0 aliphatic carbocycles. The van der Waals surface area contributed by atoms with Crippen molar-refractivity contribution < 1.29 is 0 Å². The van der Waals surface area contributed by atoms with Crippen molar-refractivity contribution >= 4 is 11.8 Å². The molecule has 1 N–H and O–H groups in total. The predicted molar refractivity (Wildman–Crippen MR) is 69.1 cm³/mol. The Bertz CT molecular complexity index is 115. The summed E-state index contributed by atoms with van der Waals surface area (Å²) in [6.45, 7) is 8.08. The van der Waals surface area contributed by atoms with Crippen LogP contribution in [0.4, 0.5) is 0 Å². The van der Waals surface area contributed by atoms with Crippen LogP contribution in [-0.2, 0) is 0 Å². The quantitative estimate of drug-likeness (QED) is 0.594. The average molecular weight is 217 g/mol. The summed E-state index contributed by atoms with van der Waals surface area (Å²) >= 11 is 2.07. The Balaban J connectivity index is 3.51. The highest BCUT2D eigenvalue weighted by molar-refractivity contribution is 7.99. The molecular formula is C12H27NS. The summed E-state index contributed by atoms with van der Waals surface area (Å²) in [5, 5.41) is 3.31. The number of hydrogen-bond donors (Lipinski definition) is 1. The van der Waals surface area contributed by atoms with Crippen LogP contribution in [0.25, 0.3) is 0 Å². The van der Waals surface area contributed by atoms with Crippen LogP contribution in [-0.4, -0.2) is 25.1 Å². The highest BCUT2D eigenvalue weighted by atomic mass is 32.2. The zero-order valence-corrected chi connectivity index (χ0v) is 11.1. The van der Waals surface area contributed by atoms with E-state index < -0.39 is 0 Å². The van der Waals surface area contributed by atoms with Gasteiger partial charge in [-0.25, -0.2) is 0 Å². The first-order valence-electron chi connectivity index (χ1n) is 5.93. The molecule has 0 fully saturated rings. The van der Waals surface area contributed by atoms with Gasteiger partial charge in [-0.1, -0.05) is 20.8 Å². The van der Waals surface area contributed by atoms with E-state index in [-0.39, 0.29) is 0 Å². The van der Waals surface area contributed by atoms with Crippen molar-refractivity contribution in [2.24, 2.45) is 11.8 Å². The van der Waals surface area contributed by atoms with Gasteiger partial charge in [-0.05, 0) is 56.2 Å². The normalized spacial score (nSPS) is 13.5. The second kappa shape index (κ2) is 9.85. The molecule has 1 unspecified atom stereocenters. The summed E-state index contributed by atoms with van der Waals surface area (Å²) in [5.41, 5.74) is 0. The molecule has 0 amide bonds. The van der Waals surface area contributed by atoms with Crippen molar-refractivity contribution in [1.82, 2.24) is 5.32 Å². The van der Waals surface area contributed by atoms with Crippen LogP contribution >= 0.6 is 11.8 Å². The molecule has 0 heterocycles. The van der Waals surface area contributed by atoms with Crippen molar-refractivity contribution in [3.8, 4) is 0 Å². The summed E-state index contributed by atoms with van der Waals surface area (Å²) in [5.74, 6) is 4.33. The van der Waals surface area contributed by atoms with E-state index in [9.17, 15) is 0 Å². The van der Waals surface area contributed by atoms with E-state index in [1.165, 1.54) is 37.3 Å². The van der Waals surface area contributed by atoms with Crippen molar-refractivity contribution in [3.63, 3.8) is 0 Å². The molecule has 0 saturated carbocycles. The first-order chi connectivity index (χ1) is 6.70. The number of hydrogen-bond acceptors (Lipinski definition) is 2. The Kier molecular flexibility index (Phi) is 10.1. The first kappa shape index (κ1) is 14.3. The molecular weight excluding hydrogens is 190 g/mol. The Labute approximate surface area is 94.4 Å². The highest BCUT2D eigenvalue weighted by Crippen LogP contribution is 2.17. The lowest BCUT2D eigenvalue weighted by atomic mass is 9.93. The topological polar surface area (TPSA) is 12.0 Å². The summed E-state index contributed by atoms with van der Waals surface area (Å²) < 4.78 is 0. The summed E-state index contributed by atoms with van der Waals surface area (Å²) in [4.78, 5) is 0.